The van der Waals surface area contributed by atoms with E-state index in [2.05, 4.69) is 19.2 Å². The van der Waals surface area contributed by atoms with Gasteiger partial charge in [0, 0.05) is 5.69 Å². The number of carbonyl (C=O) groups excluding carboxylic acids is 1. The Morgan fingerprint density at radius 1 is 1.13 bits per heavy atom. The zero-order chi connectivity index (χ0) is 16.8. The Bertz CT molecular complexity index is 647. The summed E-state index contributed by atoms with van der Waals surface area (Å²) >= 11 is 0. The monoisotopic (exact) mass is 311 g/mol. The number of hydrogen-bond donors (Lipinski definition) is 1. The second-order valence-electron chi connectivity index (χ2n) is 6.10. The summed E-state index contributed by atoms with van der Waals surface area (Å²) in [6, 6.07) is 15.7. The first-order chi connectivity index (χ1) is 11.0. The van der Waals surface area contributed by atoms with E-state index in [1.54, 1.807) is 0 Å². The van der Waals surface area contributed by atoms with Gasteiger partial charge in [0.05, 0.1) is 0 Å². The van der Waals surface area contributed by atoms with Crippen molar-refractivity contribution in [2.24, 2.45) is 0 Å². The van der Waals surface area contributed by atoms with Crippen LogP contribution in [0.2, 0.25) is 0 Å². The van der Waals surface area contributed by atoms with Crippen LogP contribution >= 0.6 is 0 Å². The summed E-state index contributed by atoms with van der Waals surface area (Å²) in [5, 5.41) is 2.93. The van der Waals surface area contributed by atoms with Gasteiger partial charge in [0.25, 0.3) is 5.91 Å². The Morgan fingerprint density at radius 3 is 2.39 bits per heavy atom. The molecule has 0 aromatic heterocycles. The molecule has 0 aliphatic carbocycles. The topological polar surface area (TPSA) is 38.3 Å². The van der Waals surface area contributed by atoms with Gasteiger partial charge in [-0.2, -0.15) is 0 Å². The van der Waals surface area contributed by atoms with Crippen LogP contribution in [0.5, 0.6) is 5.75 Å². The molecule has 0 spiro atoms. The highest BCUT2D eigenvalue weighted by Crippen LogP contribution is 2.19. The molecule has 1 N–H and O–H groups in total. The van der Waals surface area contributed by atoms with E-state index >= 15 is 0 Å². The highest BCUT2D eigenvalue weighted by atomic mass is 16.5. The number of aryl methyl sites for hydroxylation is 1. The Balaban J connectivity index is 2.02. The molecule has 1 atom stereocenters. The summed E-state index contributed by atoms with van der Waals surface area (Å²) < 4.78 is 5.83. The number of amides is 1. The van der Waals surface area contributed by atoms with Gasteiger partial charge in [-0.3, -0.25) is 4.79 Å². The average Bonchev–Trinajstić information content (AvgIpc) is 2.53. The minimum Gasteiger partial charge on any atom is -0.481 e. The van der Waals surface area contributed by atoms with Crippen molar-refractivity contribution in [1.82, 2.24) is 0 Å². The van der Waals surface area contributed by atoms with Crippen LogP contribution in [0.3, 0.4) is 0 Å². The van der Waals surface area contributed by atoms with Crippen LogP contribution in [0, 0.1) is 6.92 Å². The Hall–Kier alpha value is -2.29. The van der Waals surface area contributed by atoms with Crippen molar-refractivity contribution < 1.29 is 9.53 Å². The van der Waals surface area contributed by atoms with E-state index in [1.165, 1.54) is 5.56 Å². The minimum absolute atomic E-state index is 0.119. The predicted octanol–water partition coefficient (Wildman–Crippen LogP) is 4.91. The van der Waals surface area contributed by atoms with Crippen LogP contribution in [-0.2, 0) is 4.79 Å². The zero-order valence-corrected chi connectivity index (χ0v) is 14.3. The summed E-state index contributed by atoms with van der Waals surface area (Å²) in [5.41, 5.74) is 3.17. The van der Waals surface area contributed by atoms with E-state index in [9.17, 15) is 4.79 Å². The first kappa shape index (κ1) is 17.1. The van der Waals surface area contributed by atoms with Crippen molar-refractivity contribution in [3.8, 4) is 5.75 Å². The van der Waals surface area contributed by atoms with Gasteiger partial charge in [0.15, 0.2) is 6.10 Å². The summed E-state index contributed by atoms with van der Waals surface area (Å²) in [7, 11) is 0. The summed E-state index contributed by atoms with van der Waals surface area (Å²) in [4.78, 5) is 12.4. The molecular weight excluding hydrogens is 286 g/mol. The van der Waals surface area contributed by atoms with Crippen LogP contribution in [0.1, 0.15) is 44.2 Å². The fourth-order valence-corrected chi connectivity index (χ4v) is 2.35. The predicted molar refractivity (Wildman–Crippen MR) is 95.0 cm³/mol. The molecule has 0 aliphatic rings. The Labute approximate surface area is 138 Å². The van der Waals surface area contributed by atoms with E-state index in [0.29, 0.717) is 12.3 Å². The van der Waals surface area contributed by atoms with Crippen LogP contribution in [0.15, 0.2) is 48.5 Å². The Morgan fingerprint density at radius 2 is 1.83 bits per heavy atom. The standard InChI is InChI=1S/C20H25NO2/c1-5-19(23-18-8-6-7-15(4)13-18)20(22)21-17-11-9-16(10-12-17)14(2)3/h6-14,19H,5H2,1-4H3,(H,21,22)/t19-/m1/s1. The molecule has 1 amide bonds. The molecule has 0 unspecified atom stereocenters. The van der Waals surface area contributed by atoms with Crippen LogP contribution in [-0.4, -0.2) is 12.0 Å². The van der Waals surface area contributed by atoms with Gasteiger partial charge in [-0.1, -0.05) is 45.0 Å². The van der Waals surface area contributed by atoms with Crippen molar-refractivity contribution in [3.63, 3.8) is 0 Å². The SMILES string of the molecule is CC[C@@H](Oc1cccc(C)c1)C(=O)Nc1ccc(C(C)C)cc1. The van der Waals surface area contributed by atoms with Gasteiger partial charge in [0.2, 0.25) is 0 Å². The lowest BCUT2D eigenvalue weighted by Crippen LogP contribution is -2.32. The molecule has 3 nitrogen and oxygen atoms in total. The molecule has 0 heterocycles. The second-order valence-corrected chi connectivity index (χ2v) is 6.10. The normalized spacial score (nSPS) is 12.0. The average molecular weight is 311 g/mol. The van der Waals surface area contributed by atoms with Gasteiger partial charge < -0.3 is 10.1 Å². The number of ether oxygens (including phenoxy) is 1. The van der Waals surface area contributed by atoms with Crippen LogP contribution in [0.25, 0.3) is 0 Å². The van der Waals surface area contributed by atoms with Gasteiger partial charge >= 0.3 is 0 Å². The Kier molecular flexibility index (Phi) is 5.80. The van der Waals surface area contributed by atoms with Crippen molar-refractivity contribution in [1.29, 1.82) is 0 Å². The number of benzene rings is 2. The first-order valence-electron chi connectivity index (χ1n) is 8.13. The van der Waals surface area contributed by atoms with Gasteiger partial charge in [-0.25, -0.2) is 0 Å². The zero-order valence-electron chi connectivity index (χ0n) is 14.3. The third-order valence-electron chi connectivity index (χ3n) is 3.78. The molecule has 0 fully saturated rings. The van der Waals surface area contributed by atoms with E-state index < -0.39 is 6.10 Å². The molecular formula is C20H25NO2. The third-order valence-corrected chi connectivity index (χ3v) is 3.78. The van der Waals surface area contributed by atoms with E-state index in [0.717, 1.165) is 17.0 Å². The quantitative estimate of drug-likeness (QED) is 0.822. The molecule has 2 rings (SSSR count). The number of hydrogen-bond acceptors (Lipinski definition) is 2. The lowest BCUT2D eigenvalue weighted by Gasteiger charge is -2.18. The fourth-order valence-electron chi connectivity index (χ4n) is 2.35. The highest BCUT2D eigenvalue weighted by Gasteiger charge is 2.18. The molecule has 23 heavy (non-hydrogen) atoms. The van der Waals surface area contributed by atoms with Crippen LogP contribution in [0.4, 0.5) is 5.69 Å². The van der Waals surface area contributed by atoms with Gasteiger partial charge in [-0.05, 0) is 54.7 Å². The maximum Gasteiger partial charge on any atom is 0.265 e. The highest BCUT2D eigenvalue weighted by molar-refractivity contribution is 5.94. The van der Waals surface area contributed by atoms with Gasteiger partial charge in [-0.15, -0.1) is 0 Å². The number of rotatable bonds is 6. The third kappa shape index (κ3) is 4.85. The van der Waals surface area contributed by atoms with Crippen molar-refractivity contribution >= 4 is 11.6 Å². The number of nitrogens with one attached hydrogen (secondary N) is 1. The van der Waals surface area contributed by atoms with Gasteiger partial charge in [0.1, 0.15) is 5.75 Å². The summed E-state index contributed by atoms with van der Waals surface area (Å²) in [6.45, 7) is 8.25. The van der Waals surface area contributed by atoms with Crippen molar-refractivity contribution in [3.05, 3.63) is 59.7 Å². The molecule has 3 heteroatoms. The van der Waals surface area contributed by atoms with E-state index in [-0.39, 0.29) is 5.91 Å². The molecule has 2 aromatic carbocycles. The molecule has 122 valence electrons. The number of carbonyl (C=O) groups is 1. The maximum atomic E-state index is 12.4. The molecule has 0 bridgehead atoms. The minimum atomic E-state index is -0.499. The second kappa shape index (κ2) is 7.82. The van der Waals surface area contributed by atoms with Crippen molar-refractivity contribution in [2.75, 3.05) is 5.32 Å². The molecule has 0 saturated heterocycles. The molecule has 2 aromatic rings. The maximum absolute atomic E-state index is 12.4. The van der Waals surface area contributed by atoms with E-state index in [4.69, 9.17) is 4.74 Å². The first-order valence-corrected chi connectivity index (χ1v) is 8.13. The lowest BCUT2D eigenvalue weighted by molar-refractivity contribution is -0.122. The largest absolute Gasteiger partial charge is 0.481 e. The molecule has 0 radical (unpaired) electrons. The molecule has 0 aliphatic heterocycles. The summed E-state index contributed by atoms with van der Waals surface area (Å²) in [5.74, 6) is 1.08. The molecule has 0 saturated carbocycles. The smallest absolute Gasteiger partial charge is 0.265 e. The fraction of sp³-hybridized carbons (Fsp3) is 0.350. The lowest BCUT2D eigenvalue weighted by atomic mass is 10.0. The van der Waals surface area contributed by atoms with Crippen LogP contribution < -0.4 is 10.1 Å². The van der Waals surface area contributed by atoms with Crippen molar-refractivity contribution in [2.45, 2.75) is 46.1 Å². The number of anilines is 1. The summed E-state index contributed by atoms with van der Waals surface area (Å²) in [6.07, 6.45) is 0.116. The van der Waals surface area contributed by atoms with E-state index in [1.807, 2.05) is 62.4 Å².